The predicted molar refractivity (Wildman–Crippen MR) is 125 cm³/mol. The Bertz CT molecular complexity index is 1250. The summed E-state index contributed by atoms with van der Waals surface area (Å²) < 4.78 is 2.16. The number of amides is 2. The van der Waals surface area contributed by atoms with E-state index in [9.17, 15) is 4.79 Å². The molecule has 2 amide bonds. The average molecular weight is 428 g/mol. The van der Waals surface area contributed by atoms with E-state index in [4.69, 9.17) is 11.6 Å². The average Bonchev–Trinajstić information content (AvgIpc) is 3.21. The maximum Gasteiger partial charge on any atom is 0.322 e. The molecule has 1 aliphatic rings. The molecule has 1 aromatic heterocycles. The second-order valence-electron chi connectivity index (χ2n) is 7.78. The molecule has 0 saturated heterocycles. The van der Waals surface area contributed by atoms with Crippen molar-refractivity contribution in [2.45, 2.75) is 19.5 Å². The van der Waals surface area contributed by atoms with Crippen molar-refractivity contribution in [1.29, 1.82) is 0 Å². The number of para-hydroxylation sites is 1. The Balaban J connectivity index is 1.64. The molecule has 2 heterocycles. The van der Waals surface area contributed by atoms with Gasteiger partial charge in [-0.15, -0.1) is 0 Å². The first-order valence-electron chi connectivity index (χ1n) is 10.3. The molecule has 4 aromatic rings. The molecule has 0 aliphatic carbocycles. The Morgan fingerprint density at radius 1 is 0.935 bits per heavy atom. The number of anilines is 1. The number of carbonyl (C=O) groups is 1. The van der Waals surface area contributed by atoms with Gasteiger partial charge in [-0.1, -0.05) is 65.7 Å². The van der Waals surface area contributed by atoms with Gasteiger partial charge in [0.15, 0.2) is 0 Å². The van der Waals surface area contributed by atoms with Crippen molar-refractivity contribution in [3.8, 4) is 5.69 Å². The molecular weight excluding hydrogens is 406 g/mol. The molecule has 1 aliphatic heterocycles. The second kappa shape index (κ2) is 7.97. The number of aromatic nitrogens is 1. The summed E-state index contributed by atoms with van der Waals surface area (Å²) >= 11 is 6.64. The number of hydrogen-bond acceptors (Lipinski definition) is 1. The molecule has 5 heteroatoms. The maximum absolute atomic E-state index is 13.6. The largest absolute Gasteiger partial charge is 0.322 e. The van der Waals surface area contributed by atoms with Crippen molar-refractivity contribution in [3.05, 3.63) is 119 Å². The molecule has 0 saturated carbocycles. The number of nitrogens with zero attached hydrogens (tertiary/aromatic N) is 2. The molecular formula is C26H22ClN3O. The Hall–Kier alpha value is -3.50. The first-order chi connectivity index (χ1) is 15.1. The number of hydrogen-bond donors (Lipinski definition) is 1. The number of halogens is 1. The highest BCUT2D eigenvalue weighted by Gasteiger charge is 2.34. The highest BCUT2D eigenvalue weighted by Crippen LogP contribution is 2.39. The minimum atomic E-state index is -0.332. The van der Waals surface area contributed by atoms with Crippen LogP contribution in [-0.4, -0.2) is 15.5 Å². The molecule has 0 spiro atoms. The summed E-state index contributed by atoms with van der Waals surface area (Å²) in [6, 6.07) is 27.3. The fourth-order valence-corrected chi connectivity index (χ4v) is 4.43. The van der Waals surface area contributed by atoms with Crippen molar-refractivity contribution in [2.24, 2.45) is 0 Å². The van der Waals surface area contributed by atoms with Crippen molar-refractivity contribution in [1.82, 2.24) is 9.47 Å². The van der Waals surface area contributed by atoms with E-state index < -0.39 is 0 Å². The minimum absolute atomic E-state index is 0.168. The fourth-order valence-electron chi connectivity index (χ4n) is 4.20. The van der Waals surface area contributed by atoms with Gasteiger partial charge in [0.05, 0.1) is 17.9 Å². The van der Waals surface area contributed by atoms with Gasteiger partial charge in [-0.25, -0.2) is 4.79 Å². The van der Waals surface area contributed by atoms with E-state index in [0.717, 1.165) is 33.8 Å². The molecule has 1 N–H and O–H groups in total. The van der Waals surface area contributed by atoms with Crippen LogP contribution in [0, 0.1) is 6.92 Å². The van der Waals surface area contributed by atoms with Gasteiger partial charge in [-0.2, -0.15) is 0 Å². The van der Waals surface area contributed by atoms with Crippen LogP contribution in [0.1, 0.15) is 28.4 Å². The molecule has 5 rings (SSSR count). The zero-order valence-electron chi connectivity index (χ0n) is 17.1. The Kier molecular flexibility index (Phi) is 5.00. The van der Waals surface area contributed by atoms with Crippen LogP contribution < -0.4 is 5.32 Å². The quantitative estimate of drug-likeness (QED) is 0.385. The van der Waals surface area contributed by atoms with Crippen LogP contribution in [0.3, 0.4) is 0 Å². The summed E-state index contributed by atoms with van der Waals surface area (Å²) in [6.45, 7) is 2.49. The highest BCUT2D eigenvalue weighted by molar-refractivity contribution is 6.31. The summed E-state index contributed by atoms with van der Waals surface area (Å²) in [4.78, 5) is 15.5. The van der Waals surface area contributed by atoms with Gasteiger partial charge in [0.1, 0.15) is 6.04 Å². The Labute approximate surface area is 186 Å². The smallest absolute Gasteiger partial charge is 0.318 e. The molecule has 154 valence electrons. The summed E-state index contributed by atoms with van der Waals surface area (Å²) in [6.07, 6.45) is 2.04. The van der Waals surface area contributed by atoms with Crippen LogP contribution in [-0.2, 0) is 6.54 Å². The van der Waals surface area contributed by atoms with E-state index in [0.29, 0.717) is 11.6 Å². The van der Waals surface area contributed by atoms with Gasteiger partial charge >= 0.3 is 6.03 Å². The molecule has 0 bridgehead atoms. The summed E-state index contributed by atoms with van der Waals surface area (Å²) in [5.74, 6) is 0. The number of rotatable bonds is 2. The molecule has 4 nitrogen and oxygen atoms in total. The lowest BCUT2D eigenvalue weighted by Gasteiger charge is -2.31. The number of benzene rings is 3. The molecule has 3 aromatic carbocycles. The second-order valence-corrected chi connectivity index (χ2v) is 8.19. The molecule has 1 atom stereocenters. The normalized spacial score (nSPS) is 15.0. The lowest BCUT2D eigenvalue weighted by Crippen LogP contribution is -2.38. The minimum Gasteiger partial charge on any atom is -0.318 e. The van der Waals surface area contributed by atoms with Crippen molar-refractivity contribution < 1.29 is 4.79 Å². The number of fused-ring (bicyclic) bond motifs is 3. The topological polar surface area (TPSA) is 37.3 Å². The third-order valence-corrected chi connectivity index (χ3v) is 6.07. The van der Waals surface area contributed by atoms with Crippen molar-refractivity contribution in [2.75, 3.05) is 5.32 Å². The van der Waals surface area contributed by atoms with E-state index in [1.807, 2.05) is 84.8 Å². The van der Waals surface area contributed by atoms with Crippen molar-refractivity contribution >= 4 is 23.3 Å². The predicted octanol–water partition coefficient (Wildman–Crippen LogP) is 6.58. The maximum atomic E-state index is 13.6. The lowest BCUT2D eigenvalue weighted by molar-refractivity contribution is 0.194. The standard InChI is InChI=1S/C26H22ClN3O/c1-18-12-14-20(15-13-18)28-26(31)30-17-19-7-2-5-10-23(19)29-16-6-11-24(29)25(30)21-8-3-4-9-22(21)27/h2-16,25H,17H2,1H3,(H,28,31)/t25-/m1/s1. The number of nitrogens with one attached hydrogen (secondary N) is 1. The summed E-state index contributed by atoms with van der Waals surface area (Å²) in [5.41, 5.74) is 5.96. The number of urea groups is 1. The summed E-state index contributed by atoms with van der Waals surface area (Å²) in [7, 11) is 0. The van der Waals surface area contributed by atoms with Crippen LogP contribution in [0.15, 0.2) is 91.1 Å². The van der Waals surface area contributed by atoms with E-state index in [1.165, 1.54) is 0 Å². The third-order valence-electron chi connectivity index (χ3n) is 5.73. The van der Waals surface area contributed by atoms with Crippen LogP contribution in [0.5, 0.6) is 0 Å². The molecule has 0 radical (unpaired) electrons. The van der Waals surface area contributed by atoms with Gasteiger partial charge < -0.3 is 14.8 Å². The van der Waals surface area contributed by atoms with Crippen LogP contribution in [0.4, 0.5) is 10.5 Å². The first kappa shape index (κ1) is 19.5. The summed E-state index contributed by atoms with van der Waals surface area (Å²) in [5, 5.41) is 3.71. The van der Waals surface area contributed by atoms with Gasteiger partial charge in [-0.3, -0.25) is 0 Å². The zero-order valence-corrected chi connectivity index (χ0v) is 17.9. The van der Waals surface area contributed by atoms with Gasteiger partial charge in [0.25, 0.3) is 0 Å². The monoisotopic (exact) mass is 427 g/mol. The number of carbonyl (C=O) groups excluding carboxylic acids is 1. The fraction of sp³-hybridized carbons (Fsp3) is 0.115. The highest BCUT2D eigenvalue weighted by atomic mass is 35.5. The van der Waals surface area contributed by atoms with E-state index in [-0.39, 0.29) is 12.1 Å². The lowest BCUT2D eigenvalue weighted by atomic mass is 10.0. The molecule has 0 fully saturated rings. The van der Waals surface area contributed by atoms with Gasteiger partial charge in [0.2, 0.25) is 0 Å². The van der Waals surface area contributed by atoms with E-state index >= 15 is 0 Å². The van der Waals surface area contributed by atoms with Crippen LogP contribution in [0.2, 0.25) is 5.02 Å². The van der Waals surface area contributed by atoms with E-state index in [2.05, 4.69) is 28.1 Å². The van der Waals surface area contributed by atoms with Crippen molar-refractivity contribution in [3.63, 3.8) is 0 Å². The third kappa shape index (κ3) is 3.60. The Morgan fingerprint density at radius 3 is 2.48 bits per heavy atom. The van der Waals surface area contributed by atoms with Crippen LogP contribution >= 0.6 is 11.6 Å². The van der Waals surface area contributed by atoms with Gasteiger partial charge in [0, 0.05) is 16.9 Å². The number of aryl methyl sites for hydroxylation is 1. The van der Waals surface area contributed by atoms with E-state index in [1.54, 1.807) is 0 Å². The SMILES string of the molecule is Cc1ccc(NC(=O)N2Cc3ccccc3-n3cccc3[C@H]2c2ccccc2Cl)cc1. The molecule has 0 unspecified atom stereocenters. The Morgan fingerprint density at radius 2 is 1.68 bits per heavy atom. The zero-order chi connectivity index (χ0) is 21.4. The van der Waals surface area contributed by atoms with Crippen LogP contribution in [0.25, 0.3) is 5.69 Å². The molecule has 31 heavy (non-hydrogen) atoms. The first-order valence-corrected chi connectivity index (χ1v) is 10.6. The van der Waals surface area contributed by atoms with Gasteiger partial charge in [-0.05, 0) is 54.4 Å².